The van der Waals surface area contributed by atoms with Crippen LogP contribution in [0.3, 0.4) is 0 Å². The molecule has 0 atom stereocenters. The van der Waals surface area contributed by atoms with Gasteiger partial charge in [-0.2, -0.15) is 0 Å². The molecule has 87 valence electrons. The summed E-state index contributed by atoms with van der Waals surface area (Å²) in [5, 5.41) is 4.51. The number of aromatic nitrogens is 1. The molecule has 18 heavy (non-hydrogen) atoms. The summed E-state index contributed by atoms with van der Waals surface area (Å²) in [6.07, 6.45) is 8.42. The minimum Gasteiger partial charge on any atom is -0.257 e. The van der Waals surface area contributed by atoms with E-state index in [2.05, 4.69) is 61.3 Å². The molecule has 0 saturated heterocycles. The van der Waals surface area contributed by atoms with Crippen molar-refractivity contribution in [3.63, 3.8) is 0 Å². The van der Waals surface area contributed by atoms with E-state index >= 15 is 0 Å². The molecule has 1 nitrogen and oxygen atoms in total. The van der Waals surface area contributed by atoms with Gasteiger partial charge in [-0.1, -0.05) is 36.9 Å². The summed E-state index contributed by atoms with van der Waals surface area (Å²) in [6.45, 7) is 5.95. The molecule has 2 aromatic rings. The second-order valence-corrected chi connectivity index (χ2v) is 4.55. The lowest BCUT2D eigenvalue weighted by Gasteiger charge is -2.06. The average Bonchev–Trinajstić information content (AvgIpc) is 2.38. The summed E-state index contributed by atoms with van der Waals surface area (Å²) < 4.78 is 0. The molecule has 1 aromatic heterocycles. The third kappa shape index (κ3) is 1.88. The van der Waals surface area contributed by atoms with E-state index in [9.17, 15) is 0 Å². The first kappa shape index (κ1) is 11.0. The summed E-state index contributed by atoms with van der Waals surface area (Å²) in [7, 11) is 0. The molecule has 0 N–H and O–H groups in total. The van der Waals surface area contributed by atoms with E-state index < -0.39 is 0 Å². The second-order valence-electron chi connectivity index (χ2n) is 4.55. The quantitative estimate of drug-likeness (QED) is 0.642. The zero-order valence-corrected chi connectivity index (χ0v) is 10.4. The van der Waals surface area contributed by atoms with E-state index in [0.717, 1.165) is 5.35 Å². The largest absolute Gasteiger partial charge is 0.257 e. The number of hydrogen-bond donors (Lipinski definition) is 0. The fourth-order valence-electron chi connectivity index (χ4n) is 2.27. The molecular weight excluding hydrogens is 218 g/mol. The van der Waals surface area contributed by atoms with Crippen LogP contribution < -0.4 is 21.0 Å². The molecule has 0 aliphatic heterocycles. The fourth-order valence-corrected chi connectivity index (χ4v) is 2.27. The Morgan fingerprint density at radius 3 is 2.67 bits per heavy atom. The predicted molar refractivity (Wildman–Crippen MR) is 76.1 cm³/mol. The Morgan fingerprint density at radius 2 is 1.89 bits per heavy atom. The number of pyridine rings is 1. The summed E-state index contributed by atoms with van der Waals surface area (Å²) in [4.78, 5) is 4.29. The molecule has 0 spiro atoms. The first-order valence-electron chi connectivity index (χ1n) is 6.02. The first-order valence-corrected chi connectivity index (χ1v) is 6.02. The van der Waals surface area contributed by atoms with Crippen molar-refractivity contribution < 1.29 is 0 Å². The average molecular weight is 232 g/mol. The van der Waals surface area contributed by atoms with Gasteiger partial charge in [-0.3, -0.25) is 4.98 Å². The van der Waals surface area contributed by atoms with Crippen LogP contribution in [0.4, 0.5) is 0 Å². The van der Waals surface area contributed by atoms with Crippen molar-refractivity contribution in [1.82, 2.24) is 4.98 Å². The van der Waals surface area contributed by atoms with Crippen LogP contribution in [0.5, 0.6) is 0 Å². The van der Waals surface area contributed by atoms with Crippen molar-refractivity contribution >= 4 is 24.3 Å². The third-order valence-corrected chi connectivity index (χ3v) is 3.23. The molecule has 1 aliphatic rings. The highest BCUT2D eigenvalue weighted by atomic mass is 14.6. The topological polar surface area (TPSA) is 12.9 Å². The van der Waals surface area contributed by atoms with Gasteiger partial charge in [-0.25, -0.2) is 0 Å². The van der Waals surface area contributed by atoms with Gasteiger partial charge in [0.25, 0.3) is 0 Å². The van der Waals surface area contributed by atoms with Gasteiger partial charge >= 0.3 is 0 Å². The lowest BCUT2D eigenvalue weighted by atomic mass is 10.00. The van der Waals surface area contributed by atoms with Gasteiger partial charge < -0.3 is 0 Å². The maximum Gasteiger partial charge on any atom is 0.0560 e. The summed E-state index contributed by atoms with van der Waals surface area (Å²) in [5.41, 5.74) is 2.42. The highest BCUT2D eigenvalue weighted by molar-refractivity contribution is 5.88. The van der Waals surface area contributed by atoms with E-state index in [1.54, 1.807) is 0 Å². The molecule has 3 rings (SSSR count). The minimum absolute atomic E-state index is 0.817. The van der Waals surface area contributed by atoms with Crippen LogP contribution in [-0.2, 0) is 0 Å². The summed E-state index contributed by atoms with van der Waals surface area (Å²) >= 11 is 0. The summed E-state index contributed by atoms with van der Waals surface area (Å²) in [6, 6.07) is 10.4. The SMILES string of the molecule is C=c1cc(C)/c(=C2\[CH]C=c3ccccc3=C2)cn1. The molecular formula is C17H14N. The van der Waals surface area contributed by atoms with Gasteiger partial charge in [0.15, 0.2) is 0 Å². The zero-order chi connectivity index (χ0) is 12.5. The fraction of sp³-hybridized carbons (Fsp3) is 0.0588. The Kier molecular flexibility index (Phi) is 2.60. The van der Waals surface area contributed by atoms with Gasteiger partial charge in [0.2, 0.25) is 0 Å². The van der Waals surface area contributed by atoms with E-state index in [4.69, 9.17) is 0 Å². The molecule has 1 heterocycles. The van der Waals surface area contributed by atoms with Gasteiger partial charge in [0, 0.05) is 12.6 Å². The molecule has 0 amide bonds. The molecule has 1 aliphatic carbocycles. The maximum atomic E-state index is 4.29. The van der Waals surface area contributed by atoms with Crippen LogP contribution in [0.25, 0.3) is 24.3 Å². The second kappa shape index (κ2) is 4.26. The zero-order valence-electron chi connectivity index (χ0n) is 10.4. The van der Waals surface area contributed by atoms with Gasteiger partial charge in [-0.15, -0.1) is 0 Å². The van der Waals surface area contributed by atoms with Crippen LogP contribution in [-0.4, -0.2) is 4.98 Å². The number of benzene rings is 1. The standard InChI is InChI=1S/C17H14N/c1-12-9-13(2)18-11-17(12)16-8-7-14-5-3-4-6-15(14)10-16/h3-11H,2H2,1H3/b17-16+. The van der Waals surface area contributed by atoms with Gasteiger partial charge in [0.1, 0.15) is 0 Å². The minimum atomic E-state index is 0.817. The number of rotatable bonds is 0. The van der Waals surface area contributed by atoms with Crippen LogP contribution in [0.1, 0.15) is 5.56 Å². The van der Waals surface area contributed by atoms with E-state index in [0.29, 0.717) is 0 Å². The van der Waals surface area contributed by atoms with Crippen molar-refractivity contribution in [1.29, 1.82) is 0 Å². The lowest BCUT2D eigenvalue weighted by Crippen LogP contribution is -2.28. The lowest BCUT2D eigenvalue weighted by molar-refractivity contribution is 1.19. The van der Waals surface area contributed by atoms with Gasteiger partial charge in [-0.05, 0) is 45.9 Å². The van der Waals surface area contributed by atoms with E-state index in [1.807, 2.05) is 12.3 Å². The monoisotopic (exact) mass is 232 g/mol. The number of aryl methyl sites for hydroxylation is 1. The van der Waals surface area contributed by atoms with Crippen molar-refractivity contribution in [3.05, 3.63) is 69.5 Å². The molecule has 1 radical (unpaired) electrons. The Morgan fingerprint density at radius 1 is 1.11 bits per heavy atom. The molecule has 1 heteroatoms. The normalized spacial score (nSPS) is 16.5. The Labute approximate surface area is 106 Å². The highest BCUT2D eigenvalue weighted by Crippen LogP contribution is 2.05. The van der Waals surface area contributed by atoms with Crippen molar-refractivity contribution in [3.8, 4) is 0 Å². The Hall–Kier alpha value is -2.15. The molecule has 0 saturated carbocycles. The van der Waals surface area contributed by atoms with Crippen LogP contribution in [0.2, 0.25) is 0 Å². The van der Waals surface area contributed by atoms with Crippen molar-refractivity contribution in [2.75, 3.05) is 0 Å². The number of hydrogen-bond acceptors (Lipinski definition) is 1. The Balaban J connectivity index is 2.33. The van der Waals surface area contributed by atoms with Crippen molar-refractivity contribution in [2.24, 2.45) is 0 Å². The maximum absolute atomic E-state index is 4.29. The first-order chi connectivity index (χ1) is 8.74. The Bertz CT molecular complexity index is 829. The smallest absolute Gasteiger partial charge is 0.0560 e. The van der Waals surface area contributed by atoms with E-state index in [1.165, 1.54) is 26.8 Å². The molecule has 1 aromatic carbocycles. The highest BCUT2D eigenvalue weighted by Gasteiger charge is 2.01. The number of nitrogens with zero attached hydrogens (tertiary/aromatic N) is 1. The van der Waals surface area contributed by atoms with Crippen LogP contribution in [0, 0.1) is 13.3 Å². The molecule has 0 bridgehead atoms. The van der Waals surface area contributed by atoms with Crippen LogP contribution >= 0.6 is 0 Å². The summed E-state index contributed by atoms with van der Waals surface area (Å²) in [5.74, 6) is 0. The number of fused-ring (bicyclic) bond motifs is 1. The van der Waals surface area contributed by atoms with Crippen LogP contribution in [0.15, 0.2) is 36.5 Å². The van der Waals surface area contributed by atoms with Crippen molar-refractivity contribution in [2.45, 2.75) is 6.92 Å². The van der Waals surface area contributed by atoms with Gasteiger partial charge in [0.05, 0.1) is 5.35 Å². The van der Waals surface area contributed by atoms with E-state index in [-0.39, 0.29) is 0 Å². The molecule has 0 fully saturated rings. The third-order valence-electron chi connectivity index (χ3n) is 3.23. The predicted octanol–water partition coefficient (Wildman–Crippen LogP) is 0.430. The molecule has 0 unspecified atom stereocenters.